The summed E-state index contributed by atoms with van der Waals surface area (Å²) in [5.41, 5.74) is 0.562. The molecule has 28 heavy (non-hydrogen) atoms. The zero-order valence-corrected chi connectivity index (χ0v) is 16.1. The molecule has 3 aromatic rings. The van der Waals surface area contributed by atoms with Crippen LogP contribution in [-0.4, -0.2) is 18.9 Å². The number of halogens is 1. The molecule has 2 aromatic carbocycles. The first-order valence-corrected chi connectivity index (χ1v) is 10.1. The summed E-state index contributed by atoms with van der Waals surface area (Å²) in [6.07, 6.45) is 1.57. The van der Waals surface area contributed by atoms with Crippen LogP contribution in [0.15, 0.2) is 76.6 Å². The molecule has 0 atom stereocenters. The first kappa shape index (κ1) is 19.8. The summed E-state index contributed by atoms with van der Waals surface area (Å²) in [5, 5.41) is 8.13. The molecule has 0 aliphatic carbocycles. The van der Waals surface area contributed by atoms with Crippen molar-refractivity contribution in [2.75, 3.05) is 5.32 Å². The van der Waals surface area contributed by atoms with Crippen LogP contribution in [0.1, 0.15) is 15.9 Å². The third-order valence-electron chi connectivity index (χ3n) is 4.00. The van der Waals surface area contributed by atoms with Crippen molar-refractivity contribution in [3.63, 3.8) is 0 Å². The number of nitrogens with two attached hydrogens (primary N) is 1. The standard InChI is InChI=1S/C19H16ClN3O4S/c20-17-6-2-1-4-13(17)12-23-11-3-5-16(19(23)25)18(24)22-14-7-9-15(10-8-14)28(21,26)27/h1-11H,12H2,(H,22,24)(H2,21,26,27). The van der Waals surface area contributed by atoms with E-state index in [-0.39, 0.29) is 17.0 Å². The molecule has 9 heteroatoms. The molecule has 0 saturated heterocycles. The number of carbonyl (C=O) groups excluding carboxylic acids is 1. The second-order valence-electron chi connectivity index (χ2n) is 5.97. The van der Waals surface area contributed by atoms with Crippen molar-refractivity contribution in [1.29, 1.82) is 0 Å². The van der Waals surface area contributed by atoms with E-state index >= 15 is 0 Å². The first-order valence-electron chi connectivity index (χ1n) is 8.13. The van der Waals surface area contributed by atoms with Gasteiger partial charge >= 0.3 is 0 Å². The Balaban J connectivity index is 1.83. The highest BCUT2D eigenvalue weighted by atomic mass is 35.5. The molecule has 0 unspecified atom stereocenters. The molecule has 0 spiro atoms. The van der Waals surface area contributed by atoms with Crippen molar-refractivity contribution in [3.8, 4) is 0 Å². The number of primary sulfonamides is 1. The van der Waals surface area contributed by atoms with Gasteiger partial charge in [0.05, 0.1) is 11.4 Å². The number of amides is 1. The van der Waals surface area contributed by atoms with Crippen LogP contribution in [-0.2, 0) is 16.6 Å². The highest BCUT2D eigenvalue weighted by Crippen LogP contribution is 2.16. The predicted octanol–water partition coefficient (Wildman–Crippen LogP) is 2.45. The molecule has 3 rings (SSSR count). The quantitative estimate of drug-likeness (QED) is 0.664. The molecule has 1 amide bonds. The van der Waals surface area contributed by atoms with Crippen molar-refractivity contribution >= 4 is 33.2 Å². The third kappa shape index (κ3) is 4.48. The van der Waals surface area contributed by atoms with Gasteiger partial charge in [-0.25, -0.2) is 13.6 Å². The Labute approximate surface area is 166 Å². The SMILES string of the molecule is NS(=O)(=O)c1ccc(NC(=O)c2cccn(Cc3ccccc3Cl)c2=O)cc1. The van der Waals surface area contributed by atoms with Crippen molar-refractivity contribution < 1.29 is 13.2 Å². The minimum Gasteiger partial charge on any atom is -0.322 e. The number of nitrogens with zero attached hydrogens (tertiary/aromatic N) is 1. The van der Waals surface area contributed by atoms with Gasteiger partial charge in [0.1, 0.15) is 5.56 Å². The van der Waals surface area contributed by atoms with Gasteiger partial charge in [0, 0.05) is 16.9 Å². The largest absolute Gasteiger partial charge is 0.322 e. The average Bonchev–Trinajstić information content (AvgIpc) is 2.65. The lowest BCUT2D eigenvalue weighted by molar-refractivity contribution is 0.102. The Morgan fingerprint density at radius 3 is 2.36 bits per heavy atom. The number of hydrogen-bond acceptors (Lipinski definition) is 4. The maximum atomic E-state index is 12.7. The highest BCUT2D eigenvalue weighted by Gasteiger charge is 2.14. The maximum Gasteiger partial charge on any atom is 0.263 e. The summed E-state index contributed by atoms with van der Waals surface area (Å²) >= 11 is 6.13. The lowest BCUT2D eigenvalue weighted by Crippen LogP contribution is -2.29. The number of anilines is 1. The Hall–Kier alpha value is -2.94. The van der Waals surface area contributed by atoms with E-state index in [4.69, 9.17) is 16.7 Å². The topological polar surface area (TPSA) is 111 Å². The Morgan fingerprint density at radius 2 is 1.71 bits per heavy atom. The van der Waals surface area contributed by atoms with Gasteiger partial charge in [-0.2, -0.15) is 0 Å². The lowest BCUT2D eigenvalue weighted by atomic mass is 10.2. The number of aromatic nitrogens is 1. The van der Waals surface area contributed by atoms with Crippen LogP contribution in [0.3, 0.4) is 0 Å². The normalized spacial score (nSPS) is 11.2. The van der Waals surface area contributed by atoms with Crippen LogP contribution in [0.5, 0.6) is 0 Å². The van der Waals surface area contributed by atoms with Gasteiger partial charge in [0.15, 0.2) is 0 Å². The third-order valence-corrected chi connectivity index (χ3v) is 5.30. The molecular weight excluding hydrogens is 402 g/mol. The molecular formula is C19H16ClN3O4S. The minimum atomic E-state index is -3.82. The molecule has 1 heterocycles. The van der Waals surface area contributed by atoms with Crippen LogP contribution in [0, 0.1) is 0 Å². The zero-order chi connectivity index (χ0) is 20.3. The van der Waals surface area contributed by atoms with E-state index in [1.165, 1.54) is 34.9 Å². The average molecular weight is 418 g/mol. The van der Waals surface area contributed by atoms with E-state index in [2.05, 4.69) is 5.32 Å². The zero-order valence-electron chi connectivity index (χ0n) is 14.5. The lowest BCUT2D eigenvalue weighted by Gasteiger charge is -2.10. The summed E-state index contributed by atoms with van der Waals surface area (Å²) in [6.45, 7) is 0.225. The molecule has 0 radical (unpaired) electrons. The van der Waals surface area contributed by atoms with Gasteiger partial charge in [-0.15, -0.1) is 0 Å². The van der Waals surface area contributed by atoms with Gasteiger partial charge in [-0.05, 0) is 48.0 Å². The molecule has 0 fully saturated rings. The highest BCUT2D eigenvalue weighted by molar-refractivity contribution is 7.89. The van der Waals surface area contributed by atoms with Crippen molar-refractivity contribution in [2.24, 2.45) is 5.14 Å². The van der Waals surface area contributed by atoms with Crippen LogP contribution in [0.2, 0.25) is 5.02 Å². The van der Waals surface area contributed by atoms with Gasteiger partial charge < -0.3 is 9.88 Å². The Kier molecular flexibility index (Phi) is 5.64. The van der Waals surface area contributed by atoms with Crippen molar-refractivity contribution in [2.45, 2.75) is 11.4 Å². The molecule has 0 aliphatic heterocycles. The second-order valence-corrected chi connectivity index (χ2v) is 7.94. The summed E-state index contributed by atoms with van der Waals surface area (Å²) in [5.74, 6) is -0.609. The van der Waals surface area contributed by atoms with Crippen molar-refractivity contribution in [3.05, 3.63) is 93.4 Å². The van der Waals surface area contributed by atoms with Crippen LogP contribution < -0.4 is 16.0 Å². The number of nitrogens with one attached hydrogen (secondary N) is 1. The summed E-state index contributed by atoms with van der Waals surface area (Å²) in [7, 11) is -3.82. The molecule has 0 bridgehead atoms. The van der Waals surface area contributed by atoms with Crippen LogP contribution >= 0.6 is 11.6 Å². The Bertz CT molecular complexity index is 1190. The first-order chi connectivity index (χ1) is 13.3. The van der Waals surface area contributed by atoms with Gasteiger partial charge in [-0.3, -0.25) is 9.59 Å². The molecule has 3 N–H and O–H groups in total. The number of pyridine rings is 1. The molecule has 1 aromatic heterocycles. The van der Waals surface area contributed by atoms with E-state index in [1.54, 1.807) is 30.5 Å². The van der Waals surface area contributed by atoms with Crippen molar-refractivity contribution in [1.82, 2.24) is 4.57 Å². The van der Waals surface area contributed by atoms with Gasteiger partial charge in [0.25, 0.3) is 11.5 Å². The van der Waals surface area contributed by atoms with Gasteiger partial charge in [0.2, 0.25) is 10.0 Å². The number of sulfonamides is 1. The summed E-state index contributed by atoms with van der Waals surface area (Å²) in [4.78, 5) is 25.1. The molecule has 144 valence electrons. The van der Waals surface area contributed by atoms with E-state index in [1.807, 2.05) is 6.07 Å². The molecule has 0 saturated carbocycles. The summed E-state index contributed by atoms with van der Waals surface area (Å²) < 4.78 is 24.0. The van der Waals surface area contributed by atoms with E-state index < -0.39 is 21.5 Å². The smallest absolute Gasteiger partial charge is 0.263 e. The monoisotopic (exact) mass is 417 g/mol. The molecule has 0 aliphatic rings. The predicted molar refractivity (Wildman–Crippen MR) is 107 cm³/mol. The fraction of sp³-hybridized carbons (Fsp3) is 0.0526. The van der Waals surface area contributed by atoms with Gasteiger partial charge in [-0.1, -0.05) is 29.8 Å². The summed E-state index contributed by atoms with van der Waals surface area (Å²) in [6, 6.07) is 15.5. The van der Waals surface area contributed by atoms with E-state index in [9.17, 15) is 18.0 Å². The fourth-order valence-corrected chi connectivity index (χ4v) is 3.28. The van der Waals surface area contributed by atoms with E-state index in [0.717, 1.165) is 5.56 Å². The second kappa shape index (κ2) is 7.97. The fourth-order valence-electron chi connectivity index (χ4n) is 2.57. The van der Waals surface area contributed by atoms with Crippen LogP contribution in [0.4, 0.5) is 5.69 Å². The molecule has 7 nitrogen and oxygen atoms in total. The number of carbonyl (C=O) groups is 1. The Morgan fingerprint density at radius 1 is 1.04 bits per heavy atom. The number of hydrogen-bond donors (Lipinski definition) is 2. The van der Waals surface area contributed by atoms with Crippen LogP contribution in [0.25, 0.3) is 0 Å². The maximum absolute atomic E-state index is 12.7. The minimum absolute atomic E-state index is 0.0509. The number of benzene rings is 2. The number of rotatable bonds is 5. The van der Waals surface area contributed by atoms with E-state index in [0.29, 0.717) is 10.7 Å².